The average Bonchev–Trinajstić information content (AvgIpc) is 2.84. The minimum Gasteiger partial charge on any atom is -0.444 e. The van der Waals surface area contributed by atoms with Crippen molar-refractivity contribution in [2.75, 3.05) is 19.7 Å². The lowest BCUT2D eigenvalue weighted by atomic mass is 10.1. The average molecular weight is 397 g/mol. The van der Waals surface area contributed by atoms with Crippen LogP contribution in [0.4, 0.5) is 4.79 Å². The lowest BCUT2D eigenvalue weighted by molar-refractivity contribution is -0.149. The van der Waals surface area contributed by atoms with E-state index in [1.165, 1.54) is 0 Å². The van der Waals surface area contributed by atoms with Gasteiger partial charge in [-0.25, -0.2) is 4.79 Å². The molecule has 0 bridgehead atoms. The predicted molar refractivity (Wildman–Crippen MR) is 102 cm³/mol. The van der Waals surface area contributed by atoms with E-state index in [-0.39, 0.29) is 13.2 Å². The van der Waals surface area contributed by atoms with Gasteiger partial charge in [0.05, 0.1) is 12.2 Å². The summed E-state index contributed by atoms with van der Waals surface area (Å²) in [5.74, 6) is -1.59. The highest BCUT2D eigenvalue weighted by Gasteiger charge is 2.36. The van der Waals surface area contributed by atoms with E-state index in [0.717, 1.165) is 17.1 Å². The molecule has 0 fully saturated rings. The molecule has 0 unspecified atom stereocenters. The minimum atomic E-state index is -1.06. The molecule has 0 spiro atoms. The van der Waals surface area contributed by atoms with Crippen LogP contribution in [0.5, 0.6) is 0 Å². The van der Waals surface area contributed by atoms with Gasteiger partial charge in [-0.2, -0.15) is 0 Å². The maximum atomic E-state index is 12.5. The third kappa shape index (κ3) is 8.51. The Hall–Kier alpha value is -2.42. The first-order chi connectivity index (χ1) is 12.8. The zero-order chi connectivity index (χ0) is 21.5. The Morgan fingerprint density at radius 2 is 1.50 bits per heavy atom. The molecule has 1 aliphatic heterocycles. The lowest BCUT2D eigenvalue weighted by Gasteiger charge is -2.28. The fourth-order valence-corrected chi connectivity index (χ4v) is 2.24. The van der Waals surface area contributed by atoms with Crippen molar-refractivity contribution in [3.63, 3.8) is 0 Å². The molecule has 28 heavy (non-hydrogen) atoms. The van der Waals surface area contributed by atoms with Crippen LogP contribution in [0.25, 0.3) is 0 Å². The van der Waals surface area contributed by atoms with Gasteiger partial charge in [0, 0.05) is 25.2 Å². The van der Waals surface area contributed by atoms with E-state index in [0.29, 0.717) is 13.0 Å². The van der Waals surface area contributed by atoms with Crippen molar-refractivity contribution in [2.45, 2.75) is 65.2 Å². The van der Waals surface area contributed by atoms with E-state index in [2.05, 4.69) is 10.6 Å². The van der Waals surface area contributed by atoms with E-state index in [1.54, 1.807) is 20.8 Å². The summed E-state index contributed by atoms with van der Waals surface area (Å²) in [7, 11) is 0. The van der Waals surface area contributed by atoms with E-state index in [9.17, 15) is 19.2 Å². The number of nitrogens with zero attached hydrogens (tertiary/aromatic N) is 1. The third-order valence-corrected chi connectivity index (χ3v) is 3.45. The largest absolute Gasteiger partial charge is 0.444 e. The molecule has 158 valence electrons. The van der Waals surface area contributed by atoms with Gasteiger partial charge in [0.2, 0.25) is 5.91 Å². The van der Waals surface area contributed by atoms with Gasteiger partial charge in [-0.3, -0.25) is 19.3 Å². The molecule has 4 amide bonds. The first kappa shape index (κ1) is 23.6. The van der Waals surface area contributed by atoms with Crippen LogP contribution in [0.3, 0.4) is 0 Å². The van der Waals surface area contributed by atoms with Crippen LogP contribution < -0.4 is 10.6 Å². The summed E-state index contributed by atoms with van der Waals surface area (Å²) in [6, 6.07) is -1.06. The summed E-state index contributed by atoms with van der Waals surface area (Å²) < 4.78 is 10.7. The normalized spacial score (nSPS) is 15.6. The van der Waals surface area contributed by atoms with E-state index >= 15 is 0 Å². The van der Waals surface area contributed by atoms with Crippen molar-refractivity contribution in [2.24, 2.45) is 0 Å². The second kappa shape index (κ2) is 9.68. The van der Waals surface area contributed by atoms with Gasteiger partial charge < -0.3 is 20.1 Å². The second-order valence-corrected chi connectivity index (χ2v) is 8.39. The maximum absolute atomic E-state index is 12.5. The quantitative estimate of drug-likeness (QED) is 0.469. The Kier molecular flexibility index (Phi) is 8.16. The number of rotatable bonds is 8. The monoisotopic (exact) mass is 397 g/mol. The van der Waals surface area contributed by atoms with E-state index in [1.807, 2.05) is 20.8 Å². The zero-order valence-electron chi connectivity index (χ0n) is 17.5. The summed E-state index contributed by atoms with van der Waals surface area (Å²) >= 11 is 0. The fraction of sp³-hybridized carbons (Fsp3) is 0.684. The van der Waals surface area contributed by atoms with Crippen LogP contribution in [0, 0.1) is 0 Å². The molecule has 0 saturated heterocycles. The Morgan fingerprint density at radius 3 is 2.00 bits per heavy atom. The topological polar surface area (TPSA) is 114 Å². The van der Waals surface area contributed by atoms with Crippen molar-refractivity contribution >= 4 is 23.8 Å². The standard InChI is InChI=1S/C19H31N3O6/c1-18(2,3)27-12-13(22-14(23)8-9-15(22)24)16(25)20-10-7-11-21-17(26)28-19(4,5)6/h8-9,13H,7,10-12H2,1-6H3,(H,20,25)(H,21,26)/t13-/m0/s1. The fourth-order valence-electron chi connectivity index (χ4n) is 2.24. The number of hydrogen-bond acceptors (Lipinski definition) is 6. The molecule has 0 aliphatic carbocycles. The molecule has 0 aromatic carbocycles. The maximum Gasteiger partial charge on any atom is 0.407 e. The number of amides is 4. The Balaban J connectivity index is 2.52. The number of alkyl carbamates (subject to hydrolysis) is 1. The Morgan fingerprint density at radius 1 is 0.964 bits per heavy atom. The first-order valence-corrected chi connectivity index (χ1v) is 9.24. The summed E-state index contributed by atoms with van der Waals surface area (Å²) in [5.41, 5.74) is -1.11. The number of carbonyl (C=O) groups excluding carboxylic acids is 4. The smallest absolute Gasteiger partial charge is 0.407 e. The molecule has 1 aliphatic rings. The van der Waals surface area contributed by atoms with Gasteiger partial charge in [-0.1, -0.05) is 0 Å². The molecule has 0 saturated carbocycles. The second-order valence-electron chi connectivity index (χ2n) is 8.39. The molecule has 1 rings (SSSR count). The number of ether oxygens (including phenoxy) is 2. The molecule has 1 atom stereocenters. The Bertz CT molecular complexity index is 613. The van der Waals surface area contributed by atoms with Gasteiger partial charge >= 0.3 is 6.09 Å². The minimum absolute atomic E-state index is 0.106. The molecule has 9 heteroatoms. The van der Waals surface area contributed by atoms with Crippen molar-refractivity contribution < 1.29 is 28.7 Å². The highest BCUT2D eigenvalue weighted by molar-refractivity contribution is 6.15. The summed E-state index contributed by atoms with van der Waals surface area (Å²) in [6.45, 7) is 11.2. The van der Waals surface area contributed by atoms with E-state index < -0.39 is 41.1 Å². The Labute approximate surface area is 165 Å². The number of nitrogens with one attached hydrogen (secondary N) is 2. The molecule has 2 N–H and O–H groups in total. The first-order valence-electron chi connectivity index (χ1n) is 9.24. The van der Waals surface area contributed by atoms with Crippen molar-refractivity contribution in [1.29, 1.82) is 0 Å². The highest BCUT2D eigenvalue weighted by Crippen LogP contribution is 2.14. The molecular weight excluding hydrogens is 366 g/mol. The number of carbonyl (C=O) groups is 4. The van der Waals surface area contributed by atoms with Crippen molar-refractivity contribution in [3.05, 3.63) is 12.2 Å². The molecule has 1 heterocycles. The molecule has 0 radical (unpaired) electrons. The van der Waals surface area contributed by atoms with Crippen molar-refractivity contribution in [3.8, 4) is 0 Å². The number of hydrogen-bond donors (Lipinski definition) is 2. The van der Waals surface area contributed by atoms with Gasteiger partial charge in [0.1, 0.15) is 11.6 Å². The zero-order valence-corrected chi connectivity index (χ0v) is 17.5. The molecule has 0 aromatic rings. The SMILES string of the molecule is CC(C)(C)OC[C@@H](C(=O)NCCCNC(=O)OC(C)(C)C)N1C(=O)C=CC1=O. The van der Waals surface area contributed by atoms with Crippen molar-refractivity contribution in [1.82, 2.24) is 15.5 Å². The van der Waals surface area contributed by atoms with Crippen LogP contribution in [0.1, 0.15) is 48.0 Å². The van der Waals surface area contributed by atoms with Crippen LogP contribution in [-0.2, 0) is 23.9 Å². The van der Waals surface area contributed by atoms with Gasteiger partial charge in [-0.05, 0) is 48.0 Å². The summed E-state index contributed by atoms with van der Waals surface area (Å²) in [5, 5.41) is 5.26. The van der Waals surface area contributed by atoms with Gasteiger partial charge in [-0.15, -0.1) is 0 Å². The molecular formula is C19H31N3O6. The van der Waals surface area contributed by atoms with Gasteiger partial charge in [0.15, 0.2) is 0 Å². The third-order valence-electron chi connectivity index (χ3n) is 3.45. The predicted octanol–water partition coefficient (Wildman–Crippen LogP) is 1.13. The lowest BCUT2D eigenvalue weighted by Crippen LogP contribution is -2.53. The van der Waals surface area contributed by atoms with Crippen LogP contribution in [0.2, 0.25) is 0 Å². The molecule has 9 nitrogen and oxygen atoms in total. The van der Waals surface area contributed by atoms with E-state index in [4.69, 9.17) is 9.47 Å². The van der Waals surface area contributed by atoms with Crippen LogP contribution in [-0.4, -0.2) is 65.7 Å². The van der Waals surface area contributed by atoms with Crippen LogP contribution in [0.15, 0.2) is 12.2 Å². The highest BCUT2D eigenvalue weighted by atomic mass is 16.6. The number of imide groups is 1. The van der Waals surface area contributed by atoms with Crippen LogP contribution >= 0.6 is 0 Å². The molecule has 0 aromatic heterocycles. The summed E-state index contributed by atoms with van der Waals surface area (Å²) in [6.07, 6.45) is 2.18. The van der Waals surface area contributed by atoms with Gasteiger partial charge in [0.25, 0.3) is 11.8 Å². The summed E-state index contributed by atoms with van der Waals surface area (Å²) in [4.78, 5) is 48.9.